The van der Waals surface area contributed by atoms with E-state index in [0.29, 0.717) is 12.8 Å². The fourth-order valence-corrected chi connectivity index (χ4v) is 5.18. The summed E-state index contributed by atoms with van der Waals surface area (Å²) in [6.07, 6.45) is 30.5. The third-order valence-electron chi connectivity index (χ3n) is 7.85. The third kappa shape index (κ3) is 40.1. The van der Waals surface area contributed by atoms with E-state index in [4.69, 9.17) is 15.9 Å². The highest BCUT2D eigenvalue weighted by atomic mass is 16.5. The predicted molar refractivity (Wildman–Crippen MR) is 187 cm³/mol. The highest BCUT2D eigenvalue weighted by Crippen LogP contribution is 2.15. The van der Waals surface area contributed by atoms with Crippen LogP contribution in [-0.4, -0.2) is 70.0 Å². The maximum absolute atomic E-state index is 10.6. The number of hydrogen-bond acceptors (Lipinski definition) is 8. The van der Waals surface area contributed by atoms with Gasteiger partial charge in [-0.1, -0.05) is 109 Å². The lowest BCUT2D eigenvalue weighted by Crippen LogP contribution is -2.23. The van der Waals surface area contributed by atoms with Crippen LogP contribution in [0.2, 0.25) is 0 Å². The molecule has 0 aliphatic rings. The molecule has 0 rings (SSSR count). The number of aliphatic hydroxyl groups is 4. The number of aliphatic hydroxyl groups excluding tert-OH is 4. The van der Waals surface area contributed by atoms with Gasteiger partial charge >= 0.3 is 11.9 Å². The quantitative estimate of drug-likeness (QED) is 0.0258. The number of carbonyl (C=O) groups is 2. The summed E-state index contributed by atoms with van der Waals surface area (Å²) in [5, 5.41) is 38.8. The van der Waals surface area contributed by atoms with Gasteiger partial charge in [-0.25, -0.2) is 0 Å². The first kappa shape index (κ1) is 46.2. The second-order valence-corrected chi connectivity index (χ2v) is 12.7. The Balaban J connectivity index is 0. The Kier molecular flexibility index (Phi) is 36.1. The van der Waals surface area contributed by atoms with E-state index >= 15 is 0 Å². The minimum absolute atomic E-state index is 0.0286. The Hall–Kier alpha value is -1.92. The van der Waals surface area contributed by atoms with Gasteiger partial charge in [0.1, 0.15) is 13.2 Å². The van der Waals surface area contributed by atoms with Crippen LogP contribution < -0.4 is 0 Å². The number of allylic oxidation sites excluding steroid dienone is 1. The van der Waals surface area contributed by atoms with Gasteiger partial charge in [-0.05, 0) is 32.1 Å². The van der Waals surface area contributed by atoms with E-state index in [1.165, 1.54) is 97.3 Å². The Morgan fingerprint density at radius 1 is 0.587 bits per heavy atom. The zero-order valence-electron chi connectivity index (χ0n) is 29.5. The molecule has 0 heterocycles. The van der Waals surface area contributed by atoms with E-state index in [2.05, 4.69) is 12.5 Å². The molecule has 8 nitrogen and oxygen atoms in total. The van der Waals surface area contributed by atoms with Crippen LogP contribution in [0.4, 0.5) is 0 Å². The summed E-state index contributed by atoms with van der Waals surface area (Å²) in [6, 6.07) is 0. The maximum Gasteiger partial charge on any atom is 0.302 e. The van der Waals surface area contributed by atoms with Crippen molar-refractivity contribution in [1.82, 2.24) is 0 Å². The highest BCUT2D eigenvalue weighted by molar-refractivity contribution is 5.66. The second-order valence-electron chi connectivity index (χ2n) is 12.7. The topological polar surface area (TPSA) is 134 Å². The Labute approximate surface area is 281 Å². The third-order valence-corrected chi connectivity index (χ3v) is 7.85. The number of esters is 2. The van der Waals surface area contributed by atoms with Crippen molar-refractivity contribution in [2.24, 2.45) is 0 Å². The van der Waals surface area contributed by atoms with E-state index in [9.17, 15) is 30.0 Å². The second kappa shape index (κ2) is 35.9. The Morgan fingerprint density at radius 3 is 1.24 bits per heavy atom. The van der Waals surface area contributed by atoms with Crippen molar-refractivity contribution in [3.63, 3.8) is 0 Å². The standard InChI is InChI=1S/C19H36O4.C19H34O4/c2*1-3-4-5-6-7-8-9-10-11-12-13-14-18(21)15-19(22)16-23-17(2)20/h3,18-19,21-22H,1,4-16H2,2H3;1,18-19,21-22H,4-16H2,2H3. The van der Waals surface area contributed by atoms with Crippen LogP contribution in [-0.2, 0) is 19.1 Å². The van der Waals surface area contributed by atoms with Crippen molar-refractivity contribution in [3.8, 4) is 12.3 Å². The Morgan fingerprint density at radius 2 is 0.913 bits per heavy atom. The average Bonchev–Trinajstić information content (AvgIpc) is 3.00. The van der Waals surface area contributed by atoms with Crippen molar-refractivity contribution in [2.75, 3.05) is 13.2 Å². The van der Waals surface area contributed by atoms with Crippen molar-refractivity contribution in [2.45, 2.75) is 192 Å². The summed E-state index contributed by atoms with van der Waals surface area (Å²) in [5.41, 5.74) is 0. The van der Waals surface area contributed by atoms with Gasteiger partial charge in [-0.15, -0.1) is 18.9 Å². The van der Waals surface area contributed by atoms with Gasteiger partial charge in [0, 0.05) is 33.1 Å². The molecule has 270 valence electrons. The largest absolute Gasteiger partial charge is 0.463 e. The number of rotatable bonds is 31. The van der Waals surface area contributed by atoms with Crippen LogP contribution in [0.1, 0.15) is 168 Å². The van der Waals surface area contributed by atoms with Crippen LogP contribution in [0.15, 0.2) is 12.7 Å². The maximum atomic E-state index is 10.6. The van der Waals surface area contributed by atoms with E-state index in [-0.39, 0.29) is 26.1 Å². The van der Waals surface area contributed by atoms with Crippen LogP contribution in [0.25, 0.3) is 0 Å². The summed E-state index contributed by atoms with van der Waals surface area (Å²) < 4.78 is 9.42. The van der Waals surface area contributed by atoms with Crippen LogP contribution in [0.3, 0.4) is 0 Å². The zero-order valence-corrected chi connectivity index (χ0v) is 29.5. The van der Waals surface area contributed by atoms with E-state index in [1.54, 1.807) is 0 Å². The van der Waals surface area contributed by atoms with E-state index in [1.807, 2.05) is 6.08 Å². The molecule has 0 fully saturated rings. The predicted octanol–water partition coefficient (Wildman–Crippen LogP) is 7.72. The minimum atomic E-state index is -0.775. The molecule has 0 aromatic rings. The van der Waals surface area contributed by atoms with Gasteiger partial charge in [0.2, 0.25) is 0 Å². The first-order chi connectivity index (χ1) is 22.1. The number of unbranched alkanes of at least 4 members (excludes halogenated alkanes) is 18. The molecule has 8 heteroatoms. The van der Waals surface area contributed by atoms with Crippen LogP contribution in [0.5, 0.6) is 0 Å². The molecule has 0 spiro atoms. The van der Waals surface area contributed by atoms with Crippen LogP contribution >= 0.6 is 0 Å². The summed E-state index contributed by atoms with van der Waals surface area (Å²) in [4.78, 5) is 21.2. The molecular weight excluding hydrogens is 584 g/mol. The zero-order chi connectivity index (χ0) is 34.7. The molecule has 0 aliphatic heterocycles. The minimum Gasteiger partial charge on any atom is -0.463 e. The molecule has 46 heavy (non-hydrogen) atoms. The molecule has 4 atom stereocenters. The summed E-state index contributed by atoms with van der Waals surface area (Å²) >= 11 is 0. The summed E-state index contributed by atoms with van der Waals surface area (Å²) in [5.74, 6) is 1.86. The first-order valence-corrected chi connectivity index (χ1v) is 18.2. The fraction of sp³-hybridized carbons (Fsp3) is 0.842. The molecule has 4 unspecified atom stereocenters. The van der Waals surface area contributed by atoms with Gasteiger partial charge in [-0.3, -0.25) is 9.59 Å². The van der Waals surface area contributed by atoms with E-state index in [0.717, 1.165) is 44.9 Å². The molecule has 0 aromatic carbocycles. The smallest absolute Gasteiger partial charge is 0.302 e. The summed E-state index contributed by atoms with van der Waals surface area (Å²) in [6.45, 7) is 6.28. The lowest BCUT2D eigenvalue weighted by Gasteiger charge is -2.15. The first-order valence-electron chi connectivity index (χ1n) is 18.2. The molecule has 0 saturated carbocycles. The van der Waals surface area contributed by atoms with Gasteiger partial charge in [0.25, 0.3) is 0 Å². The number of ether oxygens (including phenoxy) is 2. The number of carbonyl (C=O) groups excluding carboxylic acids is 2. The molecule has 0 amide bonds. The molecular formula is C38H70O8. The van der Waals surface area contributed by atoms with Gasteiger partial charge < -0.3 is 29.9 Å². The van der Waals surface area contributed by atoms with Gasteiger partial charge in [0.15, 0.2) is 0 Å². The van der Waals surface area contributed by atoms with E-state index < -0.39 is 36.4 Å². The number of terminal acetylenes is 1. The average molecular weight is 655 g/mol. The molecule has 0 bridgehead atoms. The van der Waals surface area contributed by atoms with Crippen LogP contribution in [0, 0.1) is 12.3 Å². The van der Waals surface area contributed by atoms with Gasteiger partial charge in [-0.2, -0.15) is 0 Å². The molecule has 0 radical (unpaired) electrons. The molecule has 4 N–H and O–H groups in total. The van der Waals surface area contributed by atoms with Crippen molar-refractivity contribution >= 4 is 11.9 Å². The lowest BCUT2D eigenvalue weighted by molar-refractivity contribution is -0.145. The van der Waals surface area contributed by atoms with Crippen molar-refractivity contribution < 1.29 is 39.5 Å². The number of hydrogen-bond donors (Lipinski definition) is 4. The van der Waals surface area contributed by atoms with Crippen molar-refractivity contribution in [3.05, 3.63) is 12.7 Å². The molecule has 0 saturated heterocycles. The van der Waals surface area contributed by atoms with Crippen molar-refractivity contribution in [1.29, 1.82) is 0 Å². The monoisotopic (exact) mass is 655 g/mol. The fourth-order valence-electron chi connectivity index (χ4n) is 5.18. The SMILES string of the molecule is C#CCCCCCCCCCCCC(O)CC(O)COC(C)=O.C=CCCCCCCCCCCCC(O)CC(O)COC(C)=O. The lowest BCUT2D eigenvalue weighted by atomic mass is 10.0. The van der Waals surface area contributed by atoms with Gasteiger partial charge in [0.05, 0.1) is 24.4 Å². The molecule has 0 aromatic heterocycles. The molecule has 0 aliphatic carbocycles. The highest BCUT2D eigenvalue weighted by Gasteiger charge is 2.14. The summed E-state index contributed by atoms with van der Waals surface area (Å²) in [7, 11) is 0. The Bertz CT molecular complexity index is 735. The normalized spacial score (nSPS) is 13.4.